The molecule has 3 aromatic carbocycles. The Morgan fingerprint density at radius 2 is 1.44 bits per heavy atom. The average Bonchev–Trinajstić information content (AvgIpc) is 3.01. The van der Waals surface area contributed by atoms with Crippen molar-refractivity contribution < 1.29 is 19.4 Å². The molecule has 0 spiro atoms. The van der Waals surface area contributed by atoms with Crippen LogP contribution in [0.5, 0.6) is 5.75 Å². The minimum Gasteiger partial charge on any atom is -0.466 e. The van der Waals surface area contributed by atoms with E-state index in [0.717, 1.165) is 0 Å². The molecule has 4 heteroatoms. The number of benzene rings is 3. The van der Waals surface area contributed by atoms with E-state index in [4.69, 9.17) is 9.47 Å². The van der Waals surface area contributed by atoms with Gasteiger partial charge in [0.2, 0.25) is 0 Å². The van der Waals surface area contributed by atoms with Gasteiger partial charge in [-0.1, -0.05) is 78.9 Å². The van der Waals surface area contributed by atoms with Crippen LogP contribution in [0.15, 0.2) is 84.9 Å². The fourth-order valence-corrected chi connectivity index (χ4v) is 3.80. The van der Waals surface area contributed by atoms with E-state index in [2.05, 4.69) is 0 Å². The quantitative estimate of drug-likeness (QED) is 0.720. The highest BCUT2D eigenvalue weighted by Gasteiger charge is 2.67. The molecule has 1 heterocycles. The van der Waals surface area contributed by atoms with Gasteiger partial charge in [0.1, 0.15) is 5.75 Å². The van der Waals surface area contributed by atoms with Crippen molar-refractivity contribution in [2.24, 2.45) is 0 Å². The van der Waals surface area contributed by atoms with E-state index >= 15 is 0 Å². The summed E-state index contributed by atoms with van der Waals surface area (Å²) in [5.74, 6) is -0.167. The molecular weight excluding hydrogens is 340 g/mol. The summed E-state index contributed by atoms with van der Waals surface area (Å²) in [4.78, 5) is 13.3. The van der Waals surface area contributed by atoms with Crippen LogP contribution in [0.25, 0.3) is 0 Å². The summed E-state index contributed by atoms with van der Waals surface area (Å²) < 4.78 is 11.6. The van der Waals surface area contributed by atoms with Crippen LogP contribution in [-0.4, -0.2) is 17.7 Å². The van der Waals surface area contributed by atoms with Gasteiger partial charge in [-0.2, -0.15) is 0 Å². The third kappa shape index (κ3) is 2.37. The smallest absolute Gasteiger partial charge is 0.359 e. The number of para-hydroxylation sites is 1. The molecule has 1 N–H and O–H groups in total. The van der Waals surface area contributed by atoms with Gasteiger partial charge < -0.3 is 14.6 Å². The first-order valence-corrected chi connectivity index (χ1v) is 8.93. The molecule has 0 fully saturated rings. The van der Waals surface area contributed by atoms with Gasteiger partial charge in [0.25, 0.3) is 5.60 Å². The third-order valence-electron chi connectivity index (χ3n) is 4.98. The van der Waals surface area contributed by atoms with Crippen LogP contribution in [0.3, 0.4) is 0 Å². The Bertz CT molecular complexity index is 954. The molecule has 136 valence electrons. The molecule has 2 unspecified atom stereocenters. The largest absolute Gasteiger partial charge is 0.466 e. The summed E-state index contributed by atoms with van der Waals surface area (Å²) >= 11 is 0. The second-order valence-electron chi connectivity index (χ2n) is 6.44. The maximum absolute atomic E-state index is 13.3. The SMILES string of the molecule is CCOC(=O)C1(c2ccccc2)Oc2ccccc2C1(O)c1ccccc1. The van der Waals surface area contributed by atoms with Crippen molar-refractivity contribution in [1.82, 2.24) is 0 Å². The lowest BCUT2D eigenvalue weighted by Crippen LogP contribution is -2.56. The molecule has 3 aromatic rings. The average molecular weight is 360 g/mol. The topological polar surface area (TPSA) is 55.8 Å². The lowest BCUT2D eigenvalue weighted by atomic mass is 9.71. The van der Waals surface area contributed by atoms with E-state index in [1.54, 1.807) is 43.3 Å². The predicted octanol–water partition coefficient (Wildman–Crippen LogP) is 3.77. The zero-order valence-electron chi connectivity index (χ0n) is 15.0. The Hall–Kier alpha value is -3.11. The molecule has 4 nitrogen and oxygen atoms in total. The molecule has 4 rings (SSSR count). The number of fused-ring (bicyclic) bond motifs is 1. The second-order valence-corrected chi connectivity index (χ2v) is 6.44. The predicted molar refractivity (Wildman–Crippen MR) is 101 cm³/mol. The molecule has 0 saturated heterocycles. The molecule has 27 heavy (non-hydrogen) atoms. The molecule has 0 amide bonds. The van der Waals surface area contributed by atoms with Crippen LogP contribution < -0.4 is 4.74 Å². The van der Waals surface area contributed by atoms with Crippen molar-refractivity contribution in [2.75, 3.05) is 6.61 Å². The van der Waals surface area contributed by atoms with Gasteiger partial charge in [0.15, 0.2) is 5.60 Å². The second kappa shape index (κ2) is 6.56. The van der Waals surface area contributed by atoms with E-state index in [1.165, 1.54) is 0 Å². The normalized spacial score (nSPS) is 23.3. The Morgan fingerprint density at radius 1 is 0.889 bits per heavy atom. The van der Waals surface area contributed by atoms with Gasteiger partial charge >= 0.3 is 5.97 Å². The Balaban J connectivity index is 2.07. The van der Waals surface area contributed by atoms with E-state index in [1.807, 2.05) is 48.5 Å². The first-order valence-electron chi connectivity index (χ1n) is 8.93. The summed E-state index contributed by atoms with van der Waals surface area (Å²) in [6.07, 6.45) is 0. The molecule has 1 aliphatic rings. The molecule has 2 atom stereocenters. The number of esters is 1. The van der Waals surface area contributed by atoms with Crippen LogP contribution in [0.1, 0.15) is 23.6 Å². The van der Waals surface area contributed by atoms with E-state index in [9.17, 15) is 9.90 Å². The number of carbonyl (C=O) groups is 1. The minimum absolute atomic E-state index is 0.179. The van der Waals surface area contributed by atoms with Crippen molar-refractivity contribution in [3.05, 3.63) is 102 Å². The van der Waals surface area contributed by atoms with E-state index < -0.39 is 17.2 Å². The van der Waals surface area contributed by atoms with Crippen molar-refractivity contribution in [1.29, 1.82) is 0 Å². The monoisotopic (exact) mass is 360 g/mol. The van der Waals surface area contributed by atoms with Crippen LogP contribution in [0, 0.1) is 0 Å². The lowest BCUT2D eigenvalue weighted by molar-refractivity contribution is -0.181. The molecule has 0 aliphatic carbocycles. The molecular formula is C23H20O4. The van der Waals surface area contributed by atoms with Crippen molar-refractivity contribution in [3.63, 3.8) is 0 Å². The fraction of sp³-hybridized carbons (Fsp3) is 0.174. The highest BCUT2D eigenvalue weighted by molar-refractivity contribution is 5.87. The maximum Gasteiger partial charge on any atom is 0.359 e. The lowest BCUT2D eigenvalue weighted by Gasteiger charge is -2.39. The van der Waals surface area contributed by atoms with Gasteiger partial charge in [0, 0.05) is 11.1 Å². The summed E-state index contributed by atoms with van der Waals surface area (Å²) in [7, 11) is 0. The number of hydrogen-bond acceptors (Lipinski definition) is 4. The first kappa shape index (κ1) is 17.3. The first-order chi connectivity index (χ1) is 13.1. The van der Waals surface area contributed by atoms with Gasteiger partial charge in [-0.15, -0.1) is 0 Å². The summed E-state index contributed by atoms with van der Waals surface area (Å²) in [5.41, 5.74) is -1.85. The van der Waals surface area contributed by atoms with E-state index in [-0.39, 0.29) is 6.61 Å². The summed E-state index contributed by atoms with van der Waals surface area (Å²) in [6.45, 7) is 1.91. The number of carbonyl (C=O) groups excluding carboxylic acids is 1. The van der Waals surface area contributed by atoms with Crippen LogP contribution in [-0.2, 0) is 20.7 Å². The van der Waals surface area contributed by atoms with Crippen LogP contribution >= 0.6 is 0 Å². The number of aliphatic hydroxyl groups is 1. The van der Waals surface area contributed by atoms with Crippen molar-refractivity contribution in [3.8, 4) is 5.75 Å². The third-order valence-corrected chi connectivity index (χ3v) is 4.98. The van der Waals surface area contributed by atoms with Gasteiger partial charge in [-0.3, -0.25) is 0 Å². The Kier molecular flexibility index (Phi) is 4.21. The van der Waals surface area contributed by atoms with Gasteiger partial charge in [0.05, 0.1) is 6.61 Å². The maximum atomic E-state index is 13.3. The minimum atomic E-state index is -1.74. The van der Waals surface area contributed by atoms with Gasteiger partial charge in [-0.25, -0.2) is 4.79 Å². The molecule has 0 aromatic heterocycles. The molecule has 0 saturated carbocycles. The number of rotatable bonds is 4. The highest BCUT2D eigenvalue weighted by Crippen LogP contribution is 2.56. The van der Waals surface area contributed by atoms with Crippen LogP contribution in [0.2, 0.25) is 0 Å². The Morgan fingerprint density at radius 3 is 2.07 bits per heavy atom. The van der Waals surface area contributed by atoms with Crippen molar-refractivity contribution in [2.45, 2.75) is 18.1 Å². The molecule has 0 bridgehead atoms. The number of ether oxygens (including phenoxy) is 2. The van der Waals surface area contributed by atoms with Crippen molar-refractivity contribution >= 4 is 5.97 Å². The highest BCUT2D eigenvalue weighted by atomic mass is 16.6. The Labute approximate surface area is 158 Å². The van der Waals surface area contributed by atoms with Crippen LogP contribution in [0.4, 0.5) is 0 Å². The zero-order chi connectivity index (χ0) is 18.9. The van der Waals surface area contributed by atoms with Gasteiger partial charge in [-0.05, 0) is 18.6 Å². The standard InChI is InChI=1S/C23H20O4/c1-2-26-21(24)23(18-13-7-4-8-14-18)22(25,17-11-5-3-6-12-17)19-15-9-10-16-20(19)27-23/h3-16,25H,2H2,1H3. The summed E-state index contributed by atoms with van der Waals surface area (Å²) in [5, 5.41) is 12.1. The summed E-state index contributed by atoms with van der Waals surface area (Å²) in [6, 6.07) is 25.3. The molecule has 1 aliphatic heterocycles. The zero-order valence-corrected chi connectivity index (χ0v) is 15.0. The fourth-order valence-electron chi connectivity index (χ4n) is 3.80. The molecule has 0 radical (unpaired) electrons. The number of hydrogen-bond donors (Lipinski definition) is 1. The van der Waals surface area contributed by atoms with E-state index in [0.29, 0.717) is 22.4 Å².